The summed E-state index contributed by atoms with van der Waals surface area (Å²) in [6.07, 6.45) is 3.71. The molecule has 1 saturated carbocycles. The van der Waals surface area contributed by atoms with E-state index in [0.717, 1.165) is 30.4 Å². The lowest BCUT2D eigenvalue weighted by atomic mass is 9.81. The Hall–Kier alpha value is -2.66. The van der Waals surface area contributed by atoms with Crippen molar-refractivity contribution in [2.75, 3.05) is 13.7 Å². The highest BCUT2D eigenvalue weighted by molar-refractivity contribution is 5.88. The first-order chi connectivity index (χ1) is 13.6. The van der Waals surface area contributed by atoms with Gasteiger partial charge in [-0.3, -0.25) is 4.79 Å². The minimum absolute atomic E-state index is 0.132. The number of rotatable bonds is 7. The average Bonchev–Trinajstić information content (AvgIpc) is 2.75. The number of ether oxygens (including phenoxy) is 2. The summed E-state index contributed by atoms with van der Waals surface area (Å²) >= 11 is 0. The van der Waals surface area contributed by atoms with Gasteiger partial charge in [0.25, 0.3) is 0 Å². The lowest BCUT2D eigenvalue weighted by molar-refractivity contribution is -0.153. The first-order valence-electron chi connectivity index (χ1n) is 9.75. The second-order valence-corrected chi connectivity index (χ2v) is 7.19. The number of hydrogen-bond donors (Lipinski definition) is 1. The van der Waals surface area contributed by atoms with E-state index in [1.165, 1.54) is 7.11 Å². The third-order valence-electron chi connectivity index (χ3n) is 5.25. The predicted molar refractivity (Wildman–Crippen MR) is 107 cm³/mol. The number of nitrogens with one attached hydrogen (secondary N) is 1. The van der Waals surface area contributed by atoms with Crippen LogP contribution in [0.4, 0.5) is 0 Å². The molecule has 0 aliphatic heterocycles. The van der Waals surface area contributed by atoms with Gasteiger partial charge in [0.15, 0.2) is 0 Å². The lowest BCUT2D eigenvalue weighted by Gasteiger charge is -2.35. The van der Waals surface area contributed by atoms with E-state index in [-0.39, 0.29) is 24.6 Å². The molecular weight excluding hydrogens is 354 g/mol. The highest BCUT2D eigenvalue weighted by atomic mass is 16.5. The number of esters is 1. The van der Waals surface area contributed by atoms with Gasteiger partial charge in [0.2, 0.25) is 5.91 Å². The van der Waals surface area contributed by atoms with Crippen molar-refractivity contribution in [2.24, 2.45) is 0 Å². The van der Waals surface area contributed by atoms with Crippen LogP contribution in [-0.2, 0) is 19.1 Å². The second kappa shape index (κ2) is 9.51. The molecule has 5 nitrogen and oxygen atoms in total. The van der Waals surface area contributed by atoms with Gasteiger partial charge in [0, 0.05) is 0 Å². The molecule has 3 rings (SSSR count). The Morgan fingerprint density at radius 1 is 0.929 bits per heavy atom. The molecule has 1 amide bonds. The maximum atomic E-state index is 12.7. The summed E-state index contributed by atoms with van der Waals surface area (Å²) in [5.41, 5.74) is 1.02. The summed E-state index contributed by atoms with van der Waals surface area (Å²) < 4.78 is 11.0. The number of carbonyl (C=O) groups is 2. The molecule has 2 aromatic carbocycles. The van der Waals surface area contributed by atoms with Gasteiger partial charge in [-0.05, 0) is 24.0 Å². The van der Waals surface area contributed by atoms with Gasteiger partial charge in [-0.1, -0.05) is 79.9 Å². The minimum Gasteiger partial charge on any atom is -0.467 e. The van der Waals surface area contributed by atoms with Crippen LogP contribution < -0.4 is 5.32 Å². The Bertz CT molecular complexity index is 730. The van der Waals surface area contributed by atoms with E-state index in [0.29, 0.717) is 12.8 Å². The van der Waals surface area contributed by atoms with Crippen molar-refractivity contribution in [3.05, 3.63) is 71.8 Å². The van der Waals surface area contributed by atoms with E-state index in [4.69, 9.17) is 9.47 Å². The van der Waals surface area contributed by atoms with Crippen molar-refractivity contribution >= 4 is 11.9 Å². The summed E-state index contributed by atoms with van der Waals surface area (Å²) in [5.74, 6) is -0.674. The van der Waals surface area contributed by atoms with Crippen molar-refractivity contribution in [3.8, 4) is 0 Å². The van der Waals surface area contributed by atoms with Crippen LogP contribution >= 0.6 is 0 Å². The van der Waals surface area contributed by atoms with Crippen molar-refractivity contribution < 1.29 is 19.1 Å². The van der Waals surface area contributed by atoms with E-state index in [9.17, 15) is 9.59 Å². The number of hydrogen-bond acceptors (Lipinski definition) is 4. The van der Waals surface area contributed by atoms with E-state index in [2.05, 4.69) is 5.32 Å². The highest BCUT2D eigenvalue weighted by Gasteiger charge is 2.42. The van der Waals surface area contributed by atoms with Gasteiger partial charge in [0.1, 0.15) is 18.2 Å². The highest BCUT2D eigenvalue weighted by Crippen LogP contribution is 2.30. The smallest absolute Gasteiger partial charge is 0.331 e. The number of amides is 1. The van der Waals surface area contributed by atoms with Gasteiger partial charge < -0.3 is 14.8 Å². The van der Waals surface area contributed by atoms with E-state index in [1.807, 2.05) is 60.7 Å². The molecule has 5 heteroatoms. The minimum atomic E-state index is -0.928. The Morgan fingerprint density at radius 2 is 1.46 bits per heavy atom. The van der Waals surface area contributed by atoms with Gasteiger partial charge in [-0.2, -0.15) is 0 Å². The molecule has 0 aromatic heterocycles. The van der Waals surface area contributed by atoms with Crippen LogP contribution in [0, 0.1) is 0 Å². The van der Waals surface area contributed by atoms with E-state index < -0.39 is 5.54 Å². The normalized spacial score (nSPS) is 15.8. The summed E-state index contributed by atoms with van der Waals surface area (Å²) in [6, 6.07) is 19.6. The molecule has 0 unspecified atom stereocenters. The molecule has 0 saturated heterocycles. The maximum absolute atomic E-state index is 12.7. The molecule has 0 heterocycles. The quantitative estimate of drug-likeness (QED) is 0.741. The van der Waals surface area contributed by atoms with Crippen LogP contribution in [0.5, 0.6) is 0 Å². The van der Waals surface area contributed by atoms with Crippen molar-refractivity contribution in [1.82, 2.24) is 5.32 Å². The Kier molecular flexibility index (Phi) is 6.82. The average molecular weight is 381 g/mol. The fourth-order valence-electron chi connectivity index (χ4n) is 3.83. The molecular formula is C23H27NO4. The van der Waals surface area contributed by atoms with Crippen LogP contribution in [0.15, 0.2) is 60.7 Å². The summed E-state index contributed by atoms with van der Waals surface area (Å²) in [5, 5.41) is 2.90. The molecule has 1 aliphatic carbocycles. The van der Waals surface area contributed by atoms with E-state index in [1.54, 1.807) is 0 Å². The Labute approximate surface area is 166 Å². The zero-order valence-corrected chi connectivity index (χ0v) is 16.2. The van der Waals surface area contributed by atoms with Gasteiger partial charge in [0.05, 0.1) is 7.11 Å². The fourth-order valence-corrected chi connectivity index (χ4v) is 3.83. The summed E-state index contributed by atoms with van der Waals surface area (Å²) in [7, 11) is 1.36. The van der Waals surface area contributed by atoms with Crippen molar-refractivity contribution in [1.29, 1.82) is 0 Å². The molecule has 148 valence electrons. The zero-order chi connectivity index (χ0) is 19.8. The SMILES string of the molecule is COC(=O)C1(NC(=O)COC(c2ccccc2)c2ccccc2)CCCCC1. The maximum Gasteiger partial charge on any atom is 0.331 e. The van der Waals surface area contributed by atoms with Gasteiger partial charge in [-0.15, -0.1) is 0 Å². The first-order valence-corrected chi connectivity index (χ1v) is 9.75. The van der Waals surface area contributed by atoms with Crippen LogP contribution in [0.25, 0.3) is 0 Å². The number of benzene rings is 2. The molecule has 28 heavy (non-hydrogen) atoms. The second-order valence-electron chi connectivity index (χ2n) is 7.19. The molecule has 0 spiro atoms. The topological polar surface area (TPSA) is 64.6 Å². The van der Waals surface area contributed by atoms with E-state index >= 15 is 0 Å². The summed E-state index contributed by atoms with van der Waals surface area (Å²) in [4.78, 5) is 25.0. The molecule has 0 bridgehead atoms. The van der Waals surface area contributed by atoms with Crippen LogP contribution in [0.3, 0.4) is 0 Å². The van der Waals surface area contributed by atoms with Crippen LogP contribution in [0.2, 0.25) is 0 Å². The number of methoxy groups -OCH3 is 1. The summed E-state index contributed by atoms with van der Waals surface area (Å²) in [6.45, 7) is -0.132. The van der Waals surface area contributed by atoms with Gasteiger partial charge >= 0.3 is 5.97 Å². The zero-order valence-electron chi connectivity index (χ0n) is 16.2. The number of carbonyl (C=O) groups excluding carboxylic acids is 2. The van der Waals surface area contributed by atoms with Crippen molar-refractivity contribution in [2.45, 2.75) is 43.7 Å². The third kappa shape index (κ3) is 4.78. The van der Waals surface area contributed by atoms with Crippen LogP contribution in [-0.4, -0.2) is 31.1 Å². The Morgan fingerprint density at radius 3 is 1.96 bits per heavy atom. The lowest BCUT2D eigenvalue weighted by Crippen LogP contribution is -2.57. The fraction of sp³-hybridized carbons (Fsp3) is 0.391. The molecule has 0 atom stereocenters. The standard InChI is InChI=1S/C23H27NO4/c1-27-22(26)23(15-9-4-10-16-23)24-20(25)17-28-21(18-11-5-2-6-12-18)19-13-7-3-8-14-19/h2-3,5-8,11-14,21H,4,9-10,15-17H2,1H3,(H,24,25). The largest absolute Gasteiger partial charge is 0.467 e. The Balaban J connectivity index is 1.70. The first kappa shape index (κ1) is 20.1. The molecule has 1 aliphatic rings. The molecule has 1 fully saturated rings. The van der Waals surface area contributed by atoms with Crippen LogP contribution in [0.1, 0.15) is 49.3 Å². The van der Waals surface area contributed by atoms with Crippen molar-refractivity contribution in [3.63, 3.8) is 0 Å². The molecule has 1 N–H and O–H groups in total. The monoisotopic (exact) mass is 381 g/mol. The molecule has 2 aromatic rings. The van der Waals surface area contributed by atoms with Gasteiger partial charge in [-0.25, -0.2) is 4.79 Å². The third-order valence-corrected chi connectivity index (χ3v) is 5.25. The molecule has 0 radical (unpaired) electrons. The predicted octanol–water partition coefficient (Wildman–Crippen LogP) is 3.78.